The van der Waals surface area contributed by atoms with E-state index in [1.807, 2.05) is 0 Å². The first-order chi connectivity index (χ1) is 9.10. The summed E-state index contributed by atoms with van der Waals surface area (Å²) in [6.45, 7) is 1.51. The van der Waals surface area contributed by atoms with Crippen molar-refractivity contribution >= 4 is 5.69 Å². The predicted molar refractivity (Wildman–Crippen MR) is 68.1 cm³/mol. The molecule has 19 heavy (non-hydrogen) atoms. The van der Waals surface area contributed by atoms with Gasteiger partial charge in [0.05, 0.1) is 17.6 Å². The molecule has 0 aliphatic carbocycles. The molecule has 2 rings (SSSR count). The van der Waals surface area contributed by atoms with Gasteiger partial charge >= 0.3 is 0 Å². The van der Waals surface area contributed by atoms with Gasteiger partial charge < -0.3 is 9.84 Å². The Morgan fingerprint density at radius 1 is 1.42 bits per heavy atom. The largest absolute Gasteiger partial charge is 0.439 e. The fraction of sp³-hybridized carbons (Fsp3) is 0.154. The molecule has 6 heteroatoms. The molecule has 0 bridgehead atoms. The van der Waals surface area contributed by atoms with E-state index in [9.17, 15) is 10.1 Å². The minimum absolute atomic E-state index is 0.0386. The Labute approximate surface area is 109 Å². The summed E-state index contributed by atoms with van der Waals surface area (Å²) in [5.74, 6) is 0.615. The van der Waals surface area contributed by atoms with Gasteiger partial charge in [-0.1, -0.05) is 12.1 Å². The van der Waals surface area contributed by atoms with Crippen molar-refractivity contribution in [2.24, 2.45) is 0 Å². The topological polar surface area (TPSA) is 85.5 Å². The van der Waals surface area contributed by atoms with E-state index < -0.39 is 4.92 Å². The smallest absolute Gasteiger partial charge is 0.279 e. The number of rotatable bonds is 4. The number of ether oxygens (including phenoxy) is 1. The number of hydrogen-bond donors (Lipinski definition) is 1. The molecule has 0 radical (unpaired) electrons. The summed E-state index contributed by atoms with van der Waals surface area (Å²) >= 11 is 0. The van der Waals surface area contributed by atoms with Crippen LogP contribution in [-0.4, -0.2) is 15.0 Å². The SMILES string of the molecule is Cc1cnc(Oc2cccc(CO)c2)cc1[N+](=O)[O-]. The quantitative estimate of drug-likeness (QED) is 0.674. The van der Waals surface area contributed by atoms with Crippen LogP contribution in [0.3, 0.4) is 0 Å². The molecular weight excluding hydrogens is 248 g/mol. The molecule has 98 valence electrons. The van der Waals surface area contributed by atoms with Crippen LogP contribution in [0.4, 0.5) is 5.69 Å². The lowest BCUT2D eigenvalue weighted by molar-refractivity contribution is -0.385. The number of aromatic nitrogens is 1. The molecule has 0 atom stereocenters. The number of benzene rings is 1. The summed E-state index contributed by atoms with van der Waals surface area (Å²) in [5.41, 5.74) is 1.13. The number of hydrogen-bond acceptors (Lipinski definition) is 5. The number of nitro groups is 1. The summed E-state index contributed by atoms with van der Waals surface area (Å²) < 4.78 is 5.44. The Bertz CT molecular complexity index is 613. The van der Waals surface area contributed by atoms with Crippen molar-refractivity contribution in [1.29, 1.82) is 0 Å². The second-order valence-corrected chi connectivity index (χ2v) is 3.97. The van der Waals surface area contributed by atoms with E-state index in [-0.39, 0.29) is 18.2 Å². The molecule has 0 fully saturated rings. The van der Waals surface area contributed by atoms with Crippen LogP contribution in [0.15, 0.2) is 36.5 Å². The van der Waals surface area contributed by atoms with Crippen LogP contribution in [0.5, 0.6) is 11.6 Å². The van der Waals surface area contributed by atoms with Gasteiger partial charge in [-0.3, -0.25) is 10.1 Å². The van der Waals surface area contributed by atoms with Crippen LogP contribution in [0.25, 0.3) is 0 Å². The van der Waals surface area contributed by atoms with Gasteiger partial charge in [-0.05, 0) is 24.6 Å². The fourth-order valence-corrected chi connectivity index (χ4v) is 1.58. The van der Waals surface area contributed by atoms with Crippen molar-refractivity contribution in [2.75, 3.05) is 0 Å². The number of aryl methyl sites for hydroxylation is 1. The zero-order valence-electron chi connectivity index (χ0n) is 10.2. The van der Waals surface area contributed by atoms with Crippen molar-refractivity contribution < 1.29 is 14.8 Å². The van der Waals surface area contributed by atoms with Crippen molar-refractivity contribution in [2.45, 2.75) is 13.5 Å². The minimum Gasteiger partial charge on any atom is -0.439 e. The van der Waals surface area contributed by atoms with Crippen LogP contribution >= 0.6 is 0 Å². The van der Waals surface area contributed by atoms with E-state index in [2.05, 4.69) is 4.98 Å². The molecule has 0 saturated carbocycles. The lowest BCUT2D eigenvalue weighted by Gasteiger charge is -2.06. The van der Waals surface area contributed by atoms with Gasteiger partial charge in [0, 0.05) is 11.8 Å². The molecule has 6 nitrogen and oxygen atoms in total. The number of nitrogens with zero attached hydrogens (tertiary/aromatic N) is 2. The molecule has 0 unspecified atom stereocenters. The van der Waals surface area contributed by atoms with Gasteiger partial charge in [0.1, 0.15) is 5.75 Å². The Balaban J connectivity index is 2.28. The third-order valence-corrected chi connectivity index (χ3v) is 2.55. The lowest BCUT2D eigenvalue weighted by Crippen LogP contribution is -1.95. The zero-order valence-corrected chi connectivity index (χ0v) is 10.2. The highest BCUT2D eigenvalue weighted by Crippen LogP contribution is 2.25. The molecule has 0 aliphatic heterocycles. The maximum absolute atomic E-state index is 10.8. The van der Waals surface area contributed by atoms with E-state index >= 15 is 0 Å². The van der Waals surface area contributed by atoms with Gasteiger partial charge in [-0.2, -0.15) is 0 Å². The number of aliphatic hydroxyl groups is 1. The molecule has 0 aliphatic rings. The molecule has 0 amide bonds. The Morgan fingerprint density at radius 2 is 2.21 bits per heavy atom. The lowest BCUT2D eigenvalue weighted by atomic mass is 10.2. The fourth-order valence-electron chi connectivity index (χ4n) is 1.58. The van der Waals surface area contributed by atoms with Gasteiger partial charge in [-0.15, -0.1) is 0 Å². The van der Waals surface area contributed by atoms with E-state index in [0.717, 1.165) is 0 Å². The van der Waals surface area contributed by atoms with Crippen LogP contribution in [0.1, 0.15) is 11.1 Å². The van der Waals surface area contributed by atoms with E-state index in [0.29, 0.717) is 16.9 Å². The van der Waals surface area contributed by atoms with Crippen molar-refractivity contribution in [3.8, 4) is 11.6 Å². The average Bonchev–Trinajstić information content (AvgIpc) is 2.41. The summed E-state index contributed by atoms with van der Waals surface area (Å²) in [4.78, 5) is 14.3. The van der Waals surface area contributed by atoms with E-state index in [1.165, 1.54) is 12.3 Å². The molecule has 0 spiro atoms. The molecule has 2 aromatic rings. The molecule has 1 aromatic heterocycles. The van der Waals surface area contributed by atoms with Gasteiger partial charge in [0.2, 0.25) is 5.88 Å². The second kappa shape index (κ2) is 5.45. The van der Waals surface area contributed by atoms with Gasteiger partial charge in [-0.25, -0.2) is 4.98 Å². The highest BCUT2D eigenvalue weighted by atomic mass is 16.6. The summed E-state index contributed by atoms with van der Waals surface area (Å²) in [6.07, 6.45) is 1.39. The summed E-state index contributed by atoms with van der Waals surface area (Å²) in [6, 6.07) is 8.09. The van der Waals surface area contributed by atoms with Crippen LogP contribution in [-0.2, 0) is 6.61 Å². The normalized spacial score (nSPS) is 10.2. The monoisotopic (exact) mass is 260 g/mol. The molecule has 1 N–H and O–H groups in total. The highest BCUT2D eigenvalue weighted by Gasteiger charge is 2.13. The second-order valence-electron chi connectivity index (χ2n) is 3.97. The predicted octanol–water partition coefficient (Wildman–Crippen LogP) is 2.58. The minimum atomic E-state index is -0.478. The Hall–Kier alpha value is -2.47. The highest BCUT2D eigenvalue weighted by molar-refractivity contribution is 5.42. The Kier molecular flexibility index (Phi) is 3.72. The number of aliphatic hydroxyl groups excluding tert-OH is 1. The summed E-state index contributed by atoms with van der Waals surface area (Å²) in [5, 5.41) is 19.8. The van der Waals surface area contributed by atoms with E-state index in [4.69, 9.17) is 9.84 Å². The van der Waals surface area contributed by atoms with Gasteiger partial charge in [0.25, 0.3) is 5.69 Å². The van der Waals surface area contributed by atoms with Crippen molar-refractivity contribution in [3.05, 3.63) is 57.8 Å². The van der Waals surface area contributed by atoms with Gasteiger partial charge in [0.15, 0.2) is 0 Å². The third kappa shape index (κ3) is 3.05. The summed E-state index contributed by atoms with van der Waals surface area (Å²) in [7, 11) is 0. The van der Waals surface area contributed by atoms with Crippen LogP contribution < -0.4 is 4.74 Å². The maximum atomic E-state index is 10.8. The first-order valence-electron chi connectivity index (χ1n) is 5.59. The van der Waals surface area contributed by atoms with E-state index in [1.54, 1.807) is 31.2 Å². The molecule has 1 heterocycles. The third-order valence-electron chi connectivity index (χ3n) is 2.55. The first-order valence-corrected chi connectivity index (χ1v) is 5.59. The molecular formula is C13H12N2O4. The maximum Gasteiger partial charge on any atom is 0.279 e. The zero-order chi connectivity index (χ0) is 13.8. The first kappa shape index (κ1) is 13.0. The average molecular weight is 260 g/mol. The van der Waals surface area contributed by atoms with Crippen molar-refractivity contribution in [3.63, 3.8) is 0 Å². The number of pyridine rings is 1. The Morgan fingerprint density at radius 3 is 2.89 bits per heavy atom. The molecule has 0 saturated heterocycles. The van der Waals surface area contributed by atoms with Crippen molar-refractivity contribution in [1.82, 2.24) is 4.98 Å². The van der Waals surface area contributed by atoms with Crippen LogP contribution in [0.2, 0.25) is 0 Å². The standard InChI is InChI=1S/C13H12N2O4/c1-9-7-14-13(6-12(9)15(17)18)19-11-4-2-3-10(5-11)8-16/h2-7,16H,8H2,1H3. The molecule has 1 aromatic carbocycles. The van der Waals surface area contributed by atoms with Crippen LogP contribution in [0, 0.1) is 17.0 Å².